The zero-order valence-electron chi connectivity index (χ0n) is 12.9. The van der Waals surface area contributed by atoms with Crippen LogP contribution in [0.25, 0.3) is 0 Å². The number of fused-ring (bicyclic) bond motifs is 4. The molecule has 118 valence electrons. The van der Waals surface area contributed by atoms with Crippen molar-refractivity contribution in [3.05, 3.63) is 12.2 Å². The van der Waals surface area contributed by atoms with E-state index in [2.05, 4.69) is 12.2 Å². The van der Waals surface area contributed by atoms with Crippen LogP contribution in [-0.2, 0) is 14.3 Å². The largest absolute Gasteiger partial charge is 0.459 e. The van der Waals surface area contributed by atoms with E-state index in [1.165, 1.54) is 32.1 Å². The zero-order valence-corrected chi connectivity index (χ0v) is 12.9. The van der Waals surface area contributed by atoms with Gasteiger partial charge in [0, 0.05) is 5.92 Å². The van der Waals surface area contributed by atoms with Crippen LogP contribution in [0.1, 0.15) is 38.5 Å². The Hall–Kier alpha value is -0.830. The molecule has 0 N–H and O–H groups in total. The summed E-state index contributed by atoms with van der Waals surface area (Å²) in [4.78, 5) is 12.7. The van der Waals surface area contributed by atoms with Crippen molar-refractivity contribution in [2.45, 2.75) is 56.8 Å². The minimum absolute atomic E-state index is 0.0740. The number of hydrogen-bond donors (Lipinski definition) is 0. The number of ether oxygens (including phenoxy) is 2. The molecular formula is C19H24O3. The summed E-state index contributed by atoms with van der Waals surface area (Å²) in [5.74, 6) is 4.16. The first-order chi connectivity index (χ1) is 10.8. The zero-order chi connectivity index (χ0) is 14.4. The molecule has 10 atom stereocenters. The second-order valence-electron chi connectivity index (χ2n) is 8.66. The molecule has 3 heteroatoms. The van der Waals surface area contributed by atoms with Gasteiger partial charge in [0.15, 0.2) is 0 Å². The first-order valence-corrected chi connectivity index (χ1v) is 9.34. The molecule has 1 aliphatic heterocycles. The Bertz CT molecular complexity index is 555. The number of carbonyl (C=O) groups is 1. The molecule has 4 bridgehead atoms. The van der Waals surface area contributed by atoms with Crippen LogP contribution >= 0.6 is 0 Å². The van der Waals surface area contributed by atoms with Crippen LogP contribution < -0.4 is 0 Å². The smallest absolute Gasteiger partial charge is 0.309 e. The SMILES string of the molecule is O=C(OC1C2CC3C1OC1CCCC2C13)C1CC2C=CC1C2. The van der Waals surface area contributed by atoms with E-state index < -0.39 is 0 Å². The fraction of sp³-hybridized carbons (Fsp3) is 0.842. The van der Waals surface area contributed by atoms with E-state index in [1.807, 2.05) is 0 Å². The highest BCUT2D eigenvalue weighted by molar-refractivity contribution is 5.74. The molecule has 0 spiro atoms. The molecule has 1 heterocycles. The lowest BCUT2D eigenvalue weighted by Crippen LogP contribution is -2.42. The fourth-order valence-electron chi connectivity index (χ4n) is 7.14. The second kappa shape index (κ2) is 4.17. The summed E-state index contributed by atoms with van der Waals surface area (Å²) in [6, 6.07) is 0. The predicted octanol–water partition coefficient (Wildman–Crippen LogP) is 2.94. The Morgan fingerprint density at radius 2 is 2.00 bits per heavy atom. The molecule has 0 aromatic carbocycles. The Morgan fingerprint density at radius 1 is 1.05 bits per heavy atom. The van der Waals surface area contributed by atoms with Crippen LogP contribution in [0.4, 0.5) is 0 Å². The Kier molecular flexibility index (Phi) is 2.38. The van der Waals surface area contributed by atoms with Crippen molar-refractivity contribution in [3.8, 4) is 0 Å². The lowest BCUT2D eigenvalue weighted by molar-refractivity contribution is -0.165. The number of carbonyl (C=O) groups excluding carboxylic acids is 1. The third kappa shape index (κ3) is 1.45. The van der Waals surface area contributed by atoms with Gasteiger partial charge in [-0.2, -0.15) is 0 Å². The molecule has 0 radical (unpaired) electrons. The van der Waals surface area contributed by atoms with Crippen LogP contribution in [0.15, 0.2) is 12.2 Å². The summed E-state index contributed by atoms with van der Waals surface area (Å²) in [6.07, 6.45) is 12.6. The lowest BCUT2D eigenvalue weighted by Gasteiger charge is -2.36. The van der Waals surface area contributed by atoms with Gasteiger partial charge in [0.1, 0.15) is 6.10 Å². The molecule has 22 heavy (non-hydrogen) atoms. The topological polar surface area (TPSA) is 35.5 Å². The molecule has 5 fully saturated rings. The van der Waals surface area contributed by atoms with Gasteiger partial charge in [-0.25, -0.2) is 0 Å². The average Bonchev–Trinajstić information content (AvgIpc) is 3.30. The molecule has 6 aliphatic rings. The Balaban J connectivity index is 1.24. The first-order valence-electron chi connectivity index (χ1n) is 9.34. The van der Waals surface area contributed by atoms with Crippen molar-refractivity contribution < 1.29 is 14.3 Å². The monoisotopic (exact) mass is 300 g/mol. The van der Waals surface area contributed by atoms with Gasteiger partial charge in [-0.3, -0.25) is 4.79 Å². The van der Waals surface area contributed by atoms with Crippen molar-refractivity contribution in [1.29, 1.82) is 0 Å². The molecule has 1 saturated heterocycles. The van der Waals surface area contributed by atoms with Gasteiger partial charge >= 0.3 is 5.97 Å². The molecule has 0 aromatic rings. The van der Waals surface area contributed by atoms with Crippen molar-refractivity contribution in [2.24, 2.45) is 41.4 Å². The number of allylic oxidation sites excluding steroid dienone is 2. The van der Waals surface area contributed by atoms with E-state index in [0.717, 1.165) is 18.3 Å². The van der Waals surface area contributed by atoms with Gasteiger partial charge in [-0.1, -0.05) is 18.6 Å². The van der Waals surface area contributed by atoms with E-state index in [9.17, 15) is 4.79 Å². The van der Waals surface area contributed by atoms with Crippen molar-refractivity contribution in [1.82, 2.24) is 0 Å². The fourth-order valence-corrected chi connectivity index (χ4v) is 7.14. The van der Waals surface area contributed by atoms with Crippen LogP contribution in [0.2, 0.25) is 0 Å². The summed E-state index contributed by atoms with van der Waals surface area (Å²) in [5.41, 5.74) is 0. The van der Waals surface area contributed by atoms with E-state index in [4.69, 9.17) is 9.47 Å². The highest BCUT2D eigenvalue weighted by Crippen LogP contribution is 2.64. The van der Waals surface area contributed by atoms with E-state index >= 15 is 0 Å². The average molecular weight is 300 g/mol. The van der Waals surface area contributed by atoms with Gasteiger partial charge in [0.05, 0.1) is 18.1 Å². The Morgan fingerprint density at radius 3 is 2.82 bits per heavy atom. The van der Waals surface area contributed by atoms with Gasteiger partial charge in [-0.15, -0.1) is 0 Å². The Labute approximate surface area is 131 Å². The molecule has 0 amide bonds. The van der Waals surface area contributed by atoms with Gasteiger partial charge in [0.2, 0.25) is 0 Å². The summed E-state index contributed by atoms with van der Waals surface area (Å²) in [6.45, 7) is 0. The van der Waals surface area contributed by atoms with E-state index in [-0.39, 0.29) is 24.1 Å². The molecule has 4 saturated carbocycles. The number of esters is 1. The van der Waals surface area contributed by atoms with Crippen LogP contribution in [0.3, 0.4) is 0 Å². The van der Waals surface area contributed by atoms with Crippen molar-refractivity contribution >= 4 is 5.97 Å². The molecule has 5 aliphatic carbocycles. The quantitative estimate of drug-likeness (QED) is 0.581. The summed E-state index contributed by atoms with van der Waals surface area (Å²) < 4.78 is 12.5. The summed E-state index contributed by atoms with van der Waals surface area (Å²) in [7, 11) is 0. The number of rotatable bonds is 2. The summed E-state index contributed by atoms with van der Waals surface area (Å²) >= 11 is 0. The maximum Gasteiger partial charge on any atom is 0.309 e. The minimum Gasteiger partial charge on any atom is -0.459 e. The van der Waals surface area contributed by atoms with Gasteiger partial charge in [0.25, 0.3) is 0 Å². The van der Waals surface area contributed by atoms with E-state index in [0.29, 0.717) is 29.8 Å². The summed E-state index contributed by atoms with van der Waals surface area (Å²) in [5, 5.41) is 0. The van der Waals surface area contributed by atoms with Crippen LogP contribution in [0, 0.1) is 41.4 Å². The predicted molar refractivity (Wildman–Crippen MR) is 79.8 cm³/mol. The van der Waals surface area contributed by atoms with Crippen molar-refractivity contribution in [3.63, 3.8) is 0 Å². The lowest BCUT2D eigenvalue weighted by atomic mass is 9.70. The highest BCUT2D eigenvalue weighted by atomic mass is 16.6. The first kappa shape index (κ1) is 12.6. The molecule has 0 aromatic heterocycles. The van der Waals surface area contributed by atoms with Gasteiger partial charge in [-0.05, 0) is 61.7 Å². The van der Waals surface area contributed by atoms with Crippen molar-refractivity contribution in [2.75, 3.05) is 0 Å². The maximum atomic E-state index is 12.7. The normalized spacial score (nSPS) is 59.5. The third-order valence-corrected chi connectivity index (χ3v) is 7.87. The maximum absolute atomic E-state index is 12.7. The van der Waals surface area contributed by atoms with Crippen LogP contribution in [-0.4, -0.2) is 24.3 Å². The molecule has 3 nitrogen and oxygen atoms in total. The number of hydrogen-bond acceptors (Lipinski definition) is 3. The van der Waals surface area contributed by atoms with Gasteiger partial charge < -0.3 is 9.47 Å². The third-order valence-electron chi connectivity index (χ3n) is 7.87. The molecule has 10 unspecified atom stereocenters. The standard InChI is InChI=1S/C19H24O3/c20-19(12-7-9-4-5-10(12)6-9)22-17-13-8-14-16-11(13)2-1-3-15(16)21-18(14)17/h4-5,9-18H,1-3,6-8H2. The minimum atomic E-state index is 0.0740. The molecular weight excluding hydrogens is 276 g/mol. The molecule has 6 rings (SSSR count). The van der Waals surface area contributed by atoms with Crippen LogP contribution in [0.5, 0.6) is 0 Å². The van der Waals surface area contributed by atoms with E-state index in [1.54, 1.807) is 0 Å². The second-order valence-corrected chi connectivity index (χ2v) is 8.66. The highest BCUT2D eigenvalue weighted by Gasteiger charge is 2.67.